The Morgan fingerprint density at radius 2 is 2.08 bits per heavy atom. The van der Waals surface area contributed by atoms with Gasteiger partial charge < -0.3 is 19.7 Å². The van der Waals surface area contributed by atoms with Gasteiger partial charge in [0, 0.05) is 31.9 Å². The monoisotopic (exact) mass is 454 g/mol. The molecule has 8 heteroatoms. The summed E-state index contributed by atoms with van der Waals surface area (Å²) in [5, 5.41) is 11.5. The van der Waals surface area contributed by atoms with Crippen LogP contribution >= 0.6 is 24.0 Å². The zero-order valence-corrected chi connectivity index (χ0v) is 16.7. The number of para-hydroxylation sites is 1. The van der Waals surface area contributed by atoms with E-state index in [9.17, 15) is 0 Å². The van der Waals surface area contributed by atoms with E-state index < -0.39 is 0 Å². The fourth-order valence-electron chi connectivity index (χ4n) is 2.58. The maximum absolute atomic E-state index is 5.06. The Morgan fingerprint density at radius 1 is 1.24 bits per heavy atom. The van der Waals surface area contributed by atoms with E-state index in [0.717, 1.165) is 25.5 Å². The van der Waals surface area contributed by atoms with Crippen molar-refractivity contribution in [3.63, 3.8) is 0 Å². The molecule has 25 heavy (non-hydrogen) atoms. The highest BCUT2D eigenvalue weighted by molar-refractivity contribution is 14.0. The SMILES string of the molecule is CN=C(NCCCn1ccc2ccccc21)NCc1nc(C)no1.I. The first-order valence-electron chi connectivity index (χ1n) is 8.04. The summed E-state index contributed by atoms with van der Waals surface area (Å²) in [5.41, 5.74) is 1.27. The third-order valence-electron chi connectivity index (χ3n) is 3.75. The van der Waals surface area contributed by atoms with Crippen LogP contribution in [0.5, 0.6) is 0 Å². The number of aromatic nitrogens is 3. The molecule has 0 aliphatic heterocycles. The lowest BCUT2D eigenvalue weighted by Gasteiger charge is -2.11. The van der Waals surface area contributed by atoms with Gasteiger partial charge in [0.2, 0.25) is 5.89 Å². The number of nitrogens with one attached hydrogen (secondary N) is 2. The predicted octanol–water partition coefficient (Wildman–Crippen LogP) is 2.71. The van der Waals surface area contributed by atoms with E-state index in [1.54, 1.807) is 14.0 Å². The fraction of sp³-hybridized carbons (Fsp3) is 0.353. The van der Waals surface area contributed by atoms with E-state index >= 15 is 0 Å². The van der Waals surface area contributed by atoms with Gasteiger partial charge >= 0.3 is 0 Å². The summed E-state index contributed by atoms with van der Waals surface area (Å²) in [6, 6.07) is 10.6. The molecule has 0 aliphatic rings. The number of aryl methyl sites for hydroxylation is 2. The number of nitrogens with zero attached hydrogens (tertiary/aromatic N) is 4. The van der Waals surface area contributed by atoms with Crippen molar-refractivity contribution >= 4 is 40.8 Å². The van der Waals surface area contributed by atoms with Gasteiger partial charge in [-0.15, -0.1) is 24.0 Å². The minimum Gasteiger partial charge on any atom is -0.356 e. The van der Waals surface area contributed by atoms with Crippen molar-refractivity contribution in [2.75, 3.05) is 13.6 Å². The van der Waals surface area contributed by atoms with Crippen molar-refractivity contribution in [1.82, 2.24) is 25.3 Å². The zero-order chi connectivity index (χ0) is 16.8. The van der Waals surface area contributed by atoms with Crippen LogP contribution in [-0.2, 0) is 13.1 Å². The number of guanidine groups is 1. The van der Waals surface area contributed by atoms with Gasteiger partial charge in [-0.3, -0.25) is 4.99 Å². The molecular weight excluding hydrogens is 431 g/mol. The largest absolute Gasteiger partial charge is 0.356 e. The third kappa shape index (κ3) is 5.18. The molecule has 0 bridgehead atoms. The van der Waals surface area contributed by atoms with Gasteiger partial charge in [-0.25, -0.2) is 0 Å². The quantitative estimate of drug-likeness (QED) is 0.259. The van der Waals surface area contributed by atoms with E-state index in [1.807, 2.05) is 0 Å². The molecule has 0 saturated heterocycles. The first kappa shape index (κ1) is 19.2. The van der Waals surface area contributed by atoms with Gasteiger partial charge in [-0.2, -0.15) is 4.98 Å². The Balaban J connectivity index is 0.00000225. The van der Waals surface area contributed by atoms with Crippen LogP contribution in [0, 0.1) is 6.92 Å². The first-order chi connectivity index (χ1) is 11.8. The molecule has 0 saturated carbocycles. The molecule has 0 fully saturated rings. The molecule has 0 radical (unpaired) electrons. The Kier molecular flexibility index (Phi) is 7.23. The van der Waals surface area contributed by atoms with Crippen LogP contribution in [-0.4, -0.2) is 34.3 Å². The van der Waals surface area contributed by atoms with Crippen molar-refractivity contribution < 1.29 is 4.52 Å². The van der Waals surface area contributed by atoms with Crippen LogP contribution in [0.4, 0.5) is 0 Å². The van der Waals surface area contributed by atoms with Crippen molar-refractivity contribution in [3.8, 4) is 0 Å². The summed E-state index contributed by atoms with van der Waals surface area (Å²) >= 11 is 0. The van der Waals surface area contributed by atoms with Crippen LogP contribution in [0.15, 0.2) is 46.0 Å². The number of halogens is 1. The normalized spacial score (nSPS) is 11.4. The van der Waals surface area contributed by atoms with E-state index in [1.165, 1.54) is 10.9 Å². The van der Waals surface area contributed by atoms with Gasteiger partial charge in [-0.05, 0) is 30.9 Å². The average molecular weight is 454 g/mol. The van der Waals surface area contributed by atoms with Gasteiger partial charge in [-0.1, -0.05) is 23.4 Å². The molecule has 0 spiro atoms. The molecule has 134 valence electrons. The standard InChI is InChI=1S/C17H22N6O.HI/c1-13-21-16(24-22-13)12-20-17(18-2)19-9-5-10-23-11-8-14-6-3-4-7-15(14)23;/h3-4,6-8,11H,5,9-10,12H2,1-2H3,(H2,18,19,20);1H. The molecular formula is C17H23IN6O. The first-order valence-corrected chi connectivity index (χ1v) is 8.04. The zero-order valence-electron chi connectivity index (χ0n) is 14.4. The Morgan fingerprint density at radius 3 is 2.84 bits per heavy atom. The second-order valence-electron chi connectivity index (χ2n) is 5.51. The summed E-state index contributed by atoms with van der Waals surface area (Å²) in [4.78, 5) is 8.34. The average Bonchev–Trinajstić information content (AvgIpc) is 3.20. The molecule has 0 atom stereocenters. The number of fused-ring (bicyclic) bond motifs is 1. The summed E-state index contributed by atoms with van der Waals surface area (Å²) < 4.78 is 7.34. The number of benzene rings is 1. The Hall–Kier alpha value is -2.10. The highest BCUT2D eigenvalue weighted by atomic mass is 127. The van der Waals surface area contributed by atoms with Crippen LogP contribution in [0.3, 0.4) is 0 Å². The smallest absolute Gasteiger partial charge is 0.246 e. The Bertz CT molecular complexity index is 825. The second kappa shape index (κ2) is 9.40. The maximum atomic E-state index is 5.06. The van der Waals surface area contributed by atoms with Crippen LogP contribution in [0.25, 0.3) is 10.9 Å². The van der Waals surface area contributed by atoms with E-state index in [4.69, 9.17) is 4.52 Å². The highest BCUT2D eigenvalue weighted by Gasteiger charge is 2.04. The van der Waals surface area contributed by atoms with E-state index in [2.05, 4.69) is 66.9 Å². The molecule has 2 aromatic heterocycles. The summed E-state index contributed by atoms with van der Waals surface area (Å²) in [7, 11) is 1.74. The van der Waals surface area contributed by atoms with Gasteiger partial charge in [0.05, 0.1) is 6.54 Å². The number of hydrogen-bond donors (Lipinski definition) is 2. The van der Waals surface area contributed by atoms with E-state index in [-0.39, 0.29) is 24.0 Å². The molecule has 2 heterocycles. The molecule has 3 aromatic rings. The summed E-state index contributed by atoms with van der Waals surface area (Å²) in [5.74, 6) is 1.91. The molecule has 7 nitrogen and oxygen atoms in total. The molecule has 2 N–H and O–H groups in total. The summed E-state index contributed by atoms with van der Waals surface area (Å²) in [6.07, 6.45) is 3.13. The second-order valence-corrected chi connectivity index (χ2v) is 5.51. The Labute approximate surface area is 163 Å². The van der Waals surface area contributed by atoms with Crippen LogP contribution in [0.1, 0.15) is 18.1 Å². The van der Waals surface area contributed by atoms with Crippen molar-refractivity contribution in [1.29, 1.82) is 0 Å². The number of aliphatic imine (C=N–C) groups is 1. The maximum Gasteiger partial charge on any atom is 0.246 e. The molecule has 3 rings (SSSR count). The summed E-state index contributed by atoms with van der Waals surface area (Å²) in [6.45, 7) is 4.04. The van der Waals surface area contributed by atoms with Gasteiger partial charge in [0.15, 0.2) is 11.8 Å². The van der Waals surface area contributed by atoms with Crippen molar-refractivity contribution in [3.05, 3.63) is 48.2 Å². The molecule has 1 aromatic carbocycles. The lowest BCUT2D eigenvalue weighted by atomic mass is 10.2. The predicted molar refractivity (Wildman–Crippen MR) is 109 cm³/mol. The van der Waals surface area contributed by atoms with Crippen molar-refractivity contribution in [2.45, 2.75) is 26.4 Å². The fourth-order valence-corrected chi connectivity index (χ4v) is 2.58. The lowest BCUT2D eigenvalue weighted by molar-refractivity contribution is 0.371. The van der Waals surface area contributed by atoms with Crippen LogP contribution in [0.2, 0.25) is 0 Å². The number of rotatable bonds is 6. The minimum atomic E-state index is 0. The molecule has 0 unspecified atom stereocenters. The minimum absolute atomic E-state index is 0. The third-order valence-corrected chi connectivity index (χ3v) is 3.75. The van der Waals surface area contributed by atoms with Gasteiger partial charge in [0.25, 0.3) is 0 Å². The molecule has 0 aliphatic carbocycles. The number of hydrogen-bond acceptors (Lipinski definition) is 4. The lowest BCUT2D eigenvalue weighted by Crippen LogP contribution is -2.37. The topological polar surface area (TPSA) is 80.3 Å². The van der Waals surface area contributed by atoms with Crippen molar-refractivity contribution in [2.24, 2.45) is 4.99 Å². The van der Waals surface area contributed by atoms with Gasteiger partial charge in [0.1, 0.15) is 0 Å². The van der Waals surface area contributed by atoms with E-state index in [0.29, 0.717) is 18.3 Å². The van der Waals surface area contributed by atoms with Crippen LogP contribution < -0.4 is 10.6 Å². The molecule has 0 amide bonds. The highest BCUT2D eigenvalue weighted by Crippen LogP contribution is 2.15.